The first-order chi connectivity index (χ1) is 20.0. The molecule has 3 aromatic carbocycles. The fourth-order valence-corrected chi connectivity index (χ4v) is 7.31. The van der Waals surface area contributed by atoms with E-state index in [4.69, 9.17) is 4.74 Å². The lowest BCUT2D eigenvalue weighted by molar-refractivity contribution is -0.386. The van der Waals surface area contributed by atoms with E-state index in [1.54, 1.807) is 19.1 Å². The fourth-order valence-electron chi connectivity index (χ4n) is 5.57. The lowest BCUT2D eigenvalue weighted by Crippen LogP contribution is -2.53. The van der Waals surface area contributed by atoms with E-state index in [1.807, 2.05) is 30.3 Å². The maximum Gasteiger partial charge on any atom is 0.387 e. The molecule has 222 valence electrons. The third kappa shape index (κ3) is 5.27. The van der Waals surface area contributed by atoms with E-state index in [0.717, 1.165) is 29.0 Å². The van der Waals surface area contributed by atoms with Crippen molar-refractivity contribution in [3.63, 3.8) is 0 Å². The van der Waals surface area contributed by atoms with Gasteiger partial charge in [-0.15, -0.1) is 0 Å². The highest BCUT2D eigenvalue weighted by atomic mass is 31.1. The molecular weight excluding hydrogens is 567 g/mol. The third-order valence-electron chi connectivity index (χ3n) is 7.59. The standard InChI is InChI=1S/C30H32F2N3O6P/c1-4-22-26-33-21-15-14-19(17-10-12-18(13-11-17)28(37)42(5-2)6-3)16-23(21)34(26)25-20(27(36)35(22)30(38,39)40)8-7-9-24(25)41-29(31)32/h7-16,22,28-29,37-40H,4-6H2,1-3H3. The summed E-state index contributed by atoms with van der Waals surface area (Å²) >= 11 is 0. The molecule has 2 atom stereocenters. The number of hydrogen-bond acceptors (Lipinski definition) is 7. The largest absolute Gasteiger partial charge is 0.433 e. The molecule has 0 saturated heterocycles. The van der Waals surface area contributed by atoms with E-state index in [9.17, 15) is 34.0 Å². The minimum absolute atomic E-state index is 0.0615. The van der Waals surface area contributed by atoms with Gasteiger partial charge in [0.15, 0.2) is 5.75 Å². The second-order valence-corrected chi connectivity index (χ2v) is 12.9. The third-order valence-corrected chi connectivity index (χ3v) is 10.2. The Bertz CT molecular complexity index is 1600. The number of benzene rings is 3. The monoisotopic (exact) mass is 599 g/mol. The van der Waals surface area contributed by atoms with Crippen molar-refractivity contribution < 1.29 is 38.7 Å². The minimum Gasteiger partial charge on any atom is -0.433 e. The van der Waals surface area contributed by atoms with Crippen LogP contribution in [-0.4, -0.2) is 65.8 Å². The molecular formula is C30H32F2N3O6P. The van der Waals surface area contributed by atoms with Crippen LogP contribution in [0, 0.1) is 0 Å². The van der Waals surface area contributed by atoms with Gasteiger partial charge in [0.1, 0.15) is 11.5 Å². The van der Waals surface area contributed by atoms with E-state index >= 15 is 0 Å². The number of alkyl halides is 2. The van der Waals surface area contributed by atoms with Gasteiger partial charge in [0, 0.05) is 0 Å². The summed E-state index contributed by atoms with van der Waals surface area (Å²) in [4.78, 5) is 18.7. The molecule has 12 heteroatoms. The molecule has 0 aliphatic carbocycles. The molecule has 42 heavy (non-hydrogen) atoms. The summed E-state index contributed by atoms with van der Waals surface area (Å²) in [6.07, 6.45) is -1.63. The molecule has 9 nitrogen and oxygen atoms in total. The second-order valence-electron chi connectivity index (χ2n) is 9.96. The maximum absolute atomic E-state index is 13.6. The lowest BCUT2D eigenvalue weighted by Gasteiger charge is -2.34. The highest BCUT2D eigenvalue weighted by Gasteiger charge is 2.46. The van der Waals surface area contributed by atoms with Crippen LogP contribution in [0.1, 0.15) is 60.8 Å². The zero-order valence-electron chi connectivity index (χ0n) is 23.3. The van der Waals surface area contributed by atoms with E-state index < -0.39 is 38.4 Å². The predicted octanol–water partition coefficient (Wildman–Crippen LogP) is 5.30. The van der Waals surface area contributed by atoms with E-state index in [-0.39, 0.29) is 29.2 Å². The van der Waals surface area contributed by atoms with Crippen molar-refractivity contribution in [3.8, 4) is 22.6 Å². The molecule has 0 fully saturated rings. The first-order valence-corrected chi connectivity index (χ1v) is 15.4. The molecule has 5 rings (SSSR count). The van der Waals surface area contributed by atoms with Crippen LogP contribution in [0.4, 0.5) is 8.78 Å². The number of rotatable bonds is 9. The molecule has 1 aromatic heterocycles. The van der Waals surface area contributed by atoms with Crippen molar-refractivity contribution in [2.45, 2.75) is 51.8 Å². The number of hydrogen-bond donors (Lipinski definition) is 4. The lowest BCUT2D eigenvalue weighted by atomic mass is 10.0. The van der Waals surface area contributed by atoms with Gasteiger partial charge in [0.2, 0.25) is 0 Å². The number of nitrogens with zero attached hydrogens (tertiary/aromatic N) is 3. The number of amides is 1. The summed E-state index contributed by atoms with van der Waals surface area (Å²) in [5.41, 5.74) is 3.06. The average molecular weight is 600 g/mol. The van der Waals surface area contributed by atoms with Crippen molar-refractivity contribution in [2.24, 2.45) is 0 Å². The SMILES string of the molecule is CCC1c2nc3ccc(-c4ccc(C(O)P(CC)CC)cc4)cc3n2-c2c(OC(F)F)cccc2C(=O)N1C(O)(O)O. The maximum atomic E-state index is 13.6. The molecule has 4 aromatic rings. The Hall–Kier alpha value is -3.47. The van der Waals surface area contributed by atoms with Gasteiger partial charge in [-0.2, -0.15) is 8.78 Å². The Morgan fingerprint density at radius 1 is 1.00 bits per heavy atom. The number of carbonyl (C=O) groups is 1. The van der Waals surface area contributed by atoms with Crippen LogP contribution in [-0.2, 0) is 0 Å². The van der Waals surface area contributed by atoms with Crippen LogP contribution >= 0.6 is 7.92 Å². The van der Waals surface area contributed by atoms with Crippen LogP contribution in [0.15, 0.2) is 60.7 Å². The highest BCUT2D eigenvalue weighted by molar-refractivity contribution is 7.57. The summed E-state index contributed by atoms with van der Waals surface area (Å²) in [6.45, 7) is 2.61. The van der Waals surface area contributed by atoms with Gasteiger partial charge in [-0.3, -0.25) is 14.3 Å². The highest BCUT2D eigenvalue weighted by Crippen LogP contribution is 2.49. The Morgan fingerprint density at radius 3 is 2.26 bits per heavy atom. The number of carbonyl (C=O) groups excluding carboxylic acids is 1. The first kappa shape index (κ1) is 30.0. The van der Waals surface area contributed by atoms with Crippen LogP contribution in [0.25, 0.3) is 27.8 Å². The molecule has 0 saturated carbocycles. The second kappa shape index (κ2) is 11.7. The van der Waals surface area contributed by atoms with Gasteiger partial charge in [0.05, 0.1) is 28.5 Å². The number of aliphatic hydroxyl groups is 4. The van der Waals surface area contributed by atoms with E-state index in [2.05, 4.69) is 18.8 Å². The number of fused-ring (bicyclic) bond motifs is 5. The van der Waals surface area contributed by atoms with E-state index in [0.29, 0.717) is 15.9 Å². The van der Waals surface area contributed by atoms with Crippen molar-refractivity contribution >= 4 is 24.9 Å². The Morgan fingerprint density at radius 2 is 1.67 bits per heavy atom. The molecule has 2 unspecified atom stereocenters. The van der Waals surface area contributed by atoms with Crippen molar-refractivity contribution in [1.29, 1.82) is 0 Å². The quantitative estimate of drug-likeness (QED) is 0.152. The molecule has 0 bridgehead atoms. The van der Waals surface area contributed by atoms with Crippen molar-refractivity contribution in [3.05, 3.63) is 77.6 Å². The van der Waals surface area contributed by atoms with Gasteiger partial charge in [-0.1, -0.05) is 65.1 Å². The summed E-state index contributed by atoms with van der Waals surface area (Å²) in [6, 6.07) is 15.7. The minimum atomic E-state index is -3.56. The molecule has 1 amide bonds. The average Bonchev–Trinajstić information content (AvgIpc) is 3.28. The Kier molecular flexibility index (Phi) is 8.33. The molecule has 1 aliphatic rings. The van der Waals surface area contributed by atoms with Gasteiger partial charge in [-0.05, 0) is 59.7 Å². The van der Waals surface area contributed by atoms with Crippen molar-refractivity contribution in [2.75, 3.05) is 12.3 Å². The molecule has 4 N–H and O–H groups in total. The zero-order valence-corrected chi connectivity index (χ0v) is 24.2. The van der Waals surface area contributed by atoms with E-state index in [1.165, 1.54) is 22.8 Å². The summed E-state index contributed by atoms with van der Waals surface area (Å²) in [5.74, 6) is -1.73. The summed E-state index contributed by atoms with van der Waals surface area (Å²) in [7, 11) is -0.546. The zero-order chi connectivity index (χ0) is 30.3. The smallest absolute Gasteiger partial charge is 0.387 e. The Balaban J connectivity index is 1.72. The molecule has 0 spiro atoms. The Labute approximate surface area is 242 Å². The van der Waals surface area contributed by atoms with Crippen molar-refractivity contribution in [1.82, 2.24) is 14.5 Å². The molecule has 1 aliphatic heterocycles. The number of para-hydroxylation sites is 1. The van der Waals surface area contributed by atoms with Crippen LogP contribution in [0.3, 0.4) is 0 Å². The van der Waals surface area contributed by atoms with Crippen LogP contribution in [0.5, 0.6) is 5.75 Å². The number of aromatic nitrogens is 2. The predicted molar refractivity (Wildman–Crippen MR) is 155 cm³/mol. The number of halogens is 2. The summed E-state index contributed by atoms with van der Waals surface area (Å²) < 4.78 is 33.3. The number of imidazole rings is 1. The van der Waals surface area contributed by atoms with Crippen LogP contribution in [0.2, 0.25) is 0 Å². The molecule has 0 radical (unpaired) electrons. The fraction of sp³-hybridized carbons (Fsp3) is 0.333. The first-order valence-electron chi connectivity index (χ1n) is 13.6. The number of aliphatic hydroxyl groups excluding tert-OH is 1. The van der Waals surface area contributed by atoms with Gasteiger partial charge < -0.3 is 25.2 Å². The van der Waals surface area contributed by atoms with Gasteiger partial charge >= 0.3 is 12.7 Å². The normalized spacial score (nSPS) is 16.1. The van der Waals surface area contributed by atoms with Gasteiger partial charge in [0.25, 0.3) is 5.91 Å². The number of ether oxygens (including phenoxy) is 1. The molecule has 2 heterocycles. The topological polar surface area (TPSA) is 128 Å². The van der Waals surface area contributed by atoms with Crippen LogP contribution < -0.4 is 4.74 Å². The van der Waals surface area contributed by atoms with Gasteiger partial charge in [-0.25, -0.2) is 4.98 Å². The summed E-state index contributed by atoms with van der Waals surface area (Å²) in [5, 5.41) is 41.4.